The van der Waals surface area contributed by atoms with Crippen LogP contribution in [0.15, 0.2) is 59.0 Å². The molecule has 0 atom stereocenters. The first-order valence-electron chi connectivity index (χ1n) is 9.66. The lowest BCUT2D eigenvalue weighted by atomic mass is 10.1. The maximum Gasteiger partial charge on any atom is 0.257 e. The monoisotopic (exact) mass is 424 g/mol. The zero-order chi connectivity index (χ0) is 21.5. The molecule has 0 spiro atoms. The Bertz CT molecular complexity index is 1030. The van der Waals surface area contributed by atoms with Crippen LogP contribution in [0, 0.1) is 6.92 Å². The molecule has 0 aliphatic carbocycles. The molecule has 0 aliphatic rings. The largest absolute Gasteiger partial charge is 0.494 e. The Morgan fingerprint density at radius 1 is 1.13 bits per heavy atom. The predicted octanol–water partition coefficient (Wildman–Crippen LogP) is 4.66. The molecule has 0 bridgehead atoms. The zero-order valence-corrected chi connectivity index (χ0v) is 17.7. The molecule has 0 radical (unpaired) electrons. The van der Waals surface area contributed by atoms with Crippen LogP contribution in [-0.4, -0.2) is 22.7 Å². The summed E-state index contributed by atoms with van der Waals surface area (Å²) in [6.45, 7) is 4.46. The number of aliphatic hydroxyl groups is 1. The second kappa shape index (κ2) is 10.0. The van der Waals surface area contributed by atoms with E-state index in [4.69, 9.17) is 21.4 Å². The molecule has 0 aliphatic heterocycles. The van der Waals surface area contributed by atoms with E-state index in [0.29, 0.717) is 23.7 Å². The molecule has 2 aromatic carbocycles. The SMILES string of the molecule is CCCOc1ccc(C(=O)NC(=S)Nc2cc(-c3ccc(CO)o3)ccc2C)cc1. The summed E-state index contributed by atoms with van der Waals surface area (Å²) >= 11 is 5.31. The lowest BCUT2D eigenvalue weighted by Gasteiger charge is -2.13. The number of thiocarbonyl (C=S) groups is 1. The van der Waals surface area contributed by atoms with Crippen molar-refractivity contribution in [1.82, 2.24) is 5.32 Å². The summed E-state index contributed by atoms with van der Waals surface area (Å²) in [5.41, 5.74) is 3.03. The van der Waals surface area contributed by atoms with Crippen LogP contribution in [-0.2, 0) is 6.61 Å². The van der Waals surface area contributed by atoms with Gasteiger partial charge in [0, 0.05) is 16.8 Å². The van der Waals surface area contributed by atoms with Gasteiger partial charge in [-0.2, -0.15) is 0 Å². The normalized spacial score (nSPS) is 10.5. The van der Waals surface area contributed by atoms with Crippen LogP contribution in [0.25, 0.3) is 11.3 Å². The Morgan fingerprint density at radius 2 is 1.90 bits per heavy atom. The van der Waals surface area contributed by atoms with Crippen molar-refractivity contribution < 1.29 is 19.1 Å². The van der Waals surface area contributed by atoms with Crippen LogP contribution >= 0.6 is 12.2 Å². The second-order valence-electron chi connectivity index (χ2n) is 6.73. The third kappa shape index (κ3) is 5.46. The van der Waals surface area contributed by atoms with E-state index in [2.05, 4.69) is 10.6 Å². The molecule has 156 valence electrons. The molecular formula is C23H24N2O4S. The molecule has 1 heterocycles. The van der Waals surface area contributed by atoms with Gasteiger partial charge in [-0.15, -0.1) is 0 Å². The first-order valence-corrected chi connectivity index (χ1v) is 10.1. The number of aliphatic hydroxyl groups excluding tert-OH is 1. The number of nitrogens with one attached hydrogen (secondary N) is 2. The Balaban J connectivity index is 1.65. The number of hydrogen-bond acceptors (Lipinski definition) is 5. The number of furan rings is 1. The number of aryl methyl sites for hydroxylation is 1. The van der Waals surface area contributed by atoms with Gasteiger partial charge in [0.15, 0.2) is 5.11 Å². The van der Waals surface area contributed by atoms with Gasteiger partial charge in [-0.1, -0.05) is 19.1 Å². The summed E-state index contributed by atoms with van der Waals surface area (Å²) in [6.07, 6.45) is 0.922. The molecule has 7 heteroatoms. The first-order chi connectivity index (χ1) is 14.5. The molecule has 1 amide bonds. The lowest BCUT2D eigenvalue weighted by molar-refractivity contribution is 0.0977. The predicted molar refractivity (Wildman–Crippen MR) is 121 cm³/mol. The summed E-state index contributed by atoms with van der Waals surface area (Å²) in [7, 11) is 0. The standard InChI is InChI=1S/C23H24N2O4S/c1-3-12-28-18-8-6-16(7-9-18)22(27)25-23(30)24-20-13-17(5-4-15(20)2)21-11-10-19(14-26)29-21/h4-11,13,26H,3,12,14H2,1-2H3,(H2,24,25,27,30). The molecule has 1 aromatic heterocycles. The highest BCUT2D eigenvalue weighted by Crippen LogP contribution is 2.27. The second-order valence-corrected chi connectivity index (χ2v) is 7.14. The van der Waals surface area contributed by atoms with Crippen molar-refractivity contribution >= 4 is 28.9 Å². The number of rotatable bonds is 7. The van der Waals surface area contributed by atoms with Gasteiger partial charge < -0.3 is 19.6 Å². The Kier molecular flexibility index (Phi) is 7.21. The molecule has 0 fully saturated rings. The van der Waals surface area contributed by atoms with E-state index < -0.39 is 0 Å². The van der Waals surface area contributed by atoms with Gasteiger partial charge in [0.05, 0.1) is 6.61 Å². The smallest absolute Gasteiger partial charge is 0.257 e. The van der Waals surface area contributed by atoms with Crippen LogP contribution in [0.5, 0.6) is 5.75 Å². The molecule has 0 saturated carbocycles. The summed E-state index contributed by atoms with van der Waals surface area (Å²) < 4.78 is 11.1. The highest BCUT2D eigenvalue weighted by atomic mass is 32.1. The van der Waals surface area contributed by atoms with Crippen LogP contribution in [0.1, 0.15) is 35.0 Å². The molecule has 0 unspecified atom stereocenters. The van der Waals surface area contributed by atoms with E-state index in [0.717, 1.165) is 29.0 Å². The van der Waals surface area contributed by atoms with E-state index >= 15 is 0 Å². The molecule has 3 rings (SSSR count). The van der Waals surface area contributed by atoms with Crippen LogP contribution < -0.4 is 15.4 Å². The number of carbonyl (C=O) groups excluding carboxylic acids is 1. The van der Waals surface area contributed by atoms with Crippen LogP contribution in [0.4, 0.5) is 5.69 Å². The Labute approximate surface area is 180 Å². The average Bonchev–Trinajstić information content (AvgIpc) is 3.23. The van der Waals surface area contributed by atoms with E-state index in [1.807, 2.05) is 32.0 Å². The summed E-state index contributed by atoms with van der Waals surface area (Å²) in [6, 6.07) is 16.2. The van der Waals surface area contributed by atoms with Gasteiger partial charge in [-0.25, -0.2) is 0 Å². The summed E-state index contributed by atoms with van der Waals surface area (Å²) in [5.74, 6) is 1.56. The van der Waals surface area contributed by atoms with Gasteiger partial charge in [0.1, 0.15) is 23.9 Å². The molecule has 3 N–H and O–H groups in total. The van der Waals surface area contributed by atoms with Crippen molar-refractivity contribution in [3.63, 3.8) is 0 Å². The number of carbonyl (C=O) groups is 1. The zero-order valence-electron chi connectivity index (χ0n) is 16.9. The van der Waals surface area contributed by atoms with Crippen LogP contribution in [0.3, 0.4) is 0 Å². The third-order valence-electron chi connectivity index (χ3n) is 4.40. The fraction of sp³-hybridized carbons (Fsp3) is 0.217. The van der Waals surface area contributed by atoms with Gasteiger partial charge in [-0.3, -0.25) is 10.1 Å². The van der Waals surface area contributed by atoms with Gasteiger partial charge in [0.25, 0.3) is 5.91 Å². The van der Waals surface area contributed by atoms with Gasteiger partial charge >= 0.3 is 0 Å². The van der Waals surface area contributed by atoms with Crippen molar-refractivity contribution in [3.05, 3.63) is 71.5 Å². The summed E-state index contributed by atoms with van der Waals surface area (Å²) in [5, 5.41) is 15.1. The quantitative estimate of drug-likeness (QED) is 0.479. The van der Waals surface area contributed by atoms with E-state index in [9.17, 15) is 9.90 Å². The first kappa shape index (κ1) is 21.5. The third-order valence-corrected chi connectivity index (χ3v) is 4.61. The maximum absolute atomic E-state index is 12.5. The highest BCUT2D eigenvalue weighted by Gasteiger charge is 2.11. The molecular weight excluding hydrogens is 400 g/mol. The topological polar surface area (TPSA) is 83.7 Å². The number of hydrogen-bond donors (Lipinski definition) is 3. The summed E-state index contributed by atoms with van der Waals surface area (Å²) in [4.78, 5) is 12.5. The fourth-order valence-corrected chi connectivity index (χ4v) is 2.98. The van der Waals surface area contributed by atoms with E-state index in [-0.39, 0.29) is 17.6 Å². The minimum Gasteiger partial charge on any atom is -0.494 e. The van der Waals surface area contributed by atoms with E-state index in [1.165, 1.54) is 0 Å². The van der Waals surface area contributed by atoms with Crippen LogP contribution in [0.2, 0.25) is 0 Å². The lowest BCUT2D eigenvalue weighted by Crippen LogP contribution is -2.34. The molecule has 6 nitrogen and oxygen atoms in total. The molecule has 3 aromatic rings. The number of ether oxygens (including phenoxy) is 1. The highest BCUT2D eigenvalue weighted by molar-refractivity contribution is 7.80. The van der Waals surface area contributed by atoms with Crippen molar-refractivity contribution in [2.75, 3.05) is 11.9 Å². The molecule has 30 heavy (non-hydrogen) atoms. The van der Waals surface area contributed by atoms with E-state index in [1.54, 1.807) is 36.4 Å². The maximum atomic E-state index is 12.5. The van der Waals surface area contributed by atoms with Crippen molar-refractivity contribution in [1.29, 1.82) is 0 Å². The minimum atomic E-state index is -0.304. The number of benzene rings is 2. The number of amides is 1. The minimum absolute atomic E-state index is 0.154. The van der Waals surface area contributed by atoms with Gasteiger partial charge in [-0.05, 0) is 73.6 Å². The molecule has 0 saturated heterocycles. The fourth-order valence-electron chi connectivity index (χ4n) is 2.78. The Morgan fingerprint density at radius 3 is 2.57 bits per heavy atom. The average molecular weight is 425 g/mol. The Hall–Kier alpha value is -3.16. The van der Waals surface area contributed by atoms with Gasteiger partial charge in [0.2, 0.25) is 0 Å². The van der Waals surface area contributed by atoms with Crippen molar-refractivity contribution in [2.45, 2.75) is 26.9 Å². The van der Waals surface area contributed by atoms with Crippen molar-refractivity contribution in [3.8, 4) is 17.1 Å². The number of anilines is 1. The van der Waals surface area contributed by atoms with Crippen molar-refractivity contribution in [2.24, 2.45) is 0 Å².